The summed E-state index contributed by atoms with van der Waals surface area (Å²) in [5, 5.41) is 12.5. The summed E-state index contributed by atoms with van der Waals surface area (Å²) in [6.07, 6.45) is 1.85. The summed E-state index contributed by atoms with van der Waals surface area (Å²) in [6, 6.07) is 16.4. The van der Waals surface area contributed by atoms with Crippen LogP contribution >= 0.6 is 11.8 Å². The van der Waals surface area contributed by atoms with E-state index in [1.807, 2.05) is 55.1 Å². The molecule has 1 aliphatic heterocycles. The predicted molar refractivity (Wildman–Crippen MR) is 106 cm³/mol. The van der Waals surface area contributed by atoms with E-state index >= 15 is 0 Å². The highest BCUT2D eigenvalue weighted by molar-refractivity contribution is 7.99. The maximum Gasteiger partial charge on any atom is 0.242 e. The first-order valence-corrected chi connectivity index (χ1v) is 10.0. The number of hydrogen-bond donors (Lipinski definition) is 0. The first kappa shape index (κ1) is 17.7. The third-order valence-electron chi connectivity index (χ3n) is 4.65. The molecule has 0 atom stereocenters. The average Bonchev–Trinajstić information content (AvgIpc) is 3.09. The molecule has 1 aliphatic rings. The van der Waals surface area contributed by atoms with Gasteiger partial charge in [-0.3, -0.25) is 9.69 Å². The lowest BCUT2D eigenvalue weighted by Gasteiger charge is -2.24. The largest absolute Gasteiger partial charge is 0.280 e. The molecule has 0 radical (unpaired) electrons. The van der Waals surface area contributed by atoms with Gasteiger partial charge in [-0.2, -0.15) is 0 Å². The zero-order valence-corrected chi connectivity index (χ0v) is 16.2. The number of nitrogens with zero attached hydrogens (tertiary/aromatic N) is 5. The molecule has 0 bridgehead atoms. The Balaban J connectivity index is 1.65. The van der Waals surface area contributed by atoms with Gasteiger partial charge in [-0.25, -0.2) is 4.68 Å². The fourth-order valence-electron chi connectivity index (χ4n) is 3.34. The molecule has 7 heteroatoms. The molecular formula is C20H21N5OS. The van der Waals surface area contributed by atoms with Gasteiger partial charge in [0, 0.05) is 0 Å². The van der Waals surface area contributed by atoms with E-state index in [1.54, 1.807) is 4.68 Å². The highest BCUT2D eigenvalue weighted by Gasteiger charge is 2.26. The van der Waals surface area contributed by atoms with Crippen molar-refractivity contribution in [2.45, 2.75) is 37.9 Å². The summed E-state index contributed by atoms with van der Waals surface area (Å²) in [5.41, 5.74) is 4.33. The van der Waals surface area contributed by atoms with Crippen LogP contribution in [0.2, 0.25) is 0 Å². The first-order valence-electron chi connectivity index (χ1n) is 9.04. The number of hydrogen-bond acceptors (Lipinski definition) is 5. The van der Waals surface area contributed by atoms with Crippen molar-refractivity contribution in [3.05, 3.63) is 59.7 Å². The molecule has 2 heterocycles. The zero-order valence-electron chi connectivity index (χ0n) is 15.4. The van der Waals surface area contributed by atoms with Crippen LogP contribution in [0.4, 0.5) is 11.4 Å². The van der Waals surface area contributed by atoms with Gasteiger partial charge in [0.05, 0.1) is 23.2 Å². The number of anilines is 2. The molecule has 0 aliphatic carbocycles. The number of aryl methyl sites for hydroxylation is 2. The summed E-state index contributed by atoms with van der Waals surface area (Å²) in [5.74, 6) is 0.301. The number of fused-ring (bicyclic) bond motifs is 2. The predicted octanol–water partition coefficient (Wildman–Crippen LogP) is 3.81. The lowest BCUT2D eigenvalue weighted by atomic mass is 10.0. The van der Waals surface area contributed by atoms with Crippen molar-refractivity contribution in [2.75, 3.05) is 10.7 Å². The summed E-state index contributed by atoms with van der Waals surface area (Å²) in [7, 11) is 0. The van der Waals surface area contributed by atoms with E-state index in [2.05, 4.69) is 27.7 Å². The van der Waals surface area contributed by atoms with Crippen LogP contribution in [0.15, 0.2) is 53.7 Å². The number of thioether (sulfide) groups is 1. The Labute approximate surface area is 162 Å². The Morgan fingerprint density at radius 3 is 2.22 bits per heavy atom. The molecule has 2 aromatic carbocycles. The van der Waals surface area contributed by atoms with Crippen molar-refractivity contribution in [1.82, 2.24) is 20.2 Å². The van der Waals surface area contributed by atoms with E-state index in [1.165, 1.54) is 22.9 Å². The lowest BCUT2D eigenvalue weighted by molar-refractivity contribution is -0.115. The normalized spacial score (nSPS) is 13.2. The molecule has 0 saturated heterocycles. The first-order chi connectivity index (χ1) is 13.1. The van der Waals surface area contributed by atoms with Gasteiger partial charge >= 0.3 is 0 Å². The van der Waals surface area contributed by atoms with Crippen molar-refractivity contribution in [3.8, 4) is 0 Å². The van der Waals surface area contributed by atoms with Gasteiger partial charge in [-0.1, -0.05) is 48.2 Å². The Morgan fingerprint density at radius 2 is 1.63 bits per heavy atom. The monoisotopic (exact) mass is 379 g/mol. The van der Waals surface area contributed by atoms with E-state index in [0.29, 0.717) is 5.16 Å². The van der Waals surface area contributed by atoms with Crippen LogP contribution in [0.25, 0.3) is 0 Å². The fraction of sp³-hybridized carbons (Fsp3) is 0.300. The molecule has 0 N–H and O–H groups in total. The third-order valence-corrected chi connectivity index (χ3v) is 5.57. The minimum Gasteiger partial charge on any atom is -0.280 e. The Kier molecular flexibility index (Phi) is 4.94. The minimum atomic E-state index is 0.0279. The molecular weight excluding hydrogens is 358 g/mol. The molecule has 6 nitrogen and oxygen atoms in total. The standard InChI is InChI=1S/C20H21N5OS/c1-14(2)25-20(21-22-23-25)27-13-19(26)24-17-9-5-3-7-15(17)11-12-16-8-4-6-10-18(16)24/h3-10,14H,11-13H2,1-2H3. The molecule has 4 rings (SSSR count). The Hall–Kier alpha value is -2.67. The minimum absolute atomic E-state index is 0.0279. The second-order valence-electron chi connectivity index (χ2n) is 6.78. The van der Waals surface area contributed by atoms with Crippen LogP contribution in [-0.4, -0.2) is 31.9 Å². The van der Waals surface area contributed by atoms with Gasteiger partial charge < -0.3 is 0 Å². The smallest absolute Gasteiger partial charge is 0.242 e. The van der Waals surface area contributed by atoms with Crippen LogP contribution < -0.4 is 4.90 Å². The van der Waals surface area contributed by atoms with Crippen LogP contribution in [0.3, 0.4) is 0 Å². The van der Waals surface area contributed by atoms with Crippen molar-refractivity contribution < 1.29 is 4.79 Å². The third kappa shape index (κ3) is 3.47. The van der Waals surface area contributed by atoms with Gasteiger partial charge in [-0.15, -0.1) is 5.10 Å². The van der Waals surface area contributed by atoms with Crippen LogP contribution in [0.5, 0.6) is 0 Å². The molecule has 0 fully saturated rings. The fourth-order valence-corrected chi connectivity index (χ4v) is 4.20. The van der Waals surface area contributed by atoms with E-state index in [0.717, 1.165) is 24.2 Å². The van der Waals surface area contributed by atoms with Crippen molar-refractivity contribution in [1.29, 1.82) is 0 Å². The quantitative estimate of drug-likeness (QED) is 0.645. The van der Waals surface area contributed by atoms with E-state index in [-0.39, 0.29) is 17.7 Å². The topological polar surface area (TPSA) is 63.9 Å². The lowest BCUT2D eigenvalue weighted by Crippen LogP contribution is -2.28. The van der Waals surface area contributed by atoms with Crippen LogP contribution in [0, 0.1) is 0 Å². The maximum atomic E-state index is 13.3. The molecule has 138 valence electrons. The summed E-state index contributed by atoms with van der Waals surface area (Å²) < 4.78 is 1.74. The average molecular weight is 379 g/mol. The highest BCUT2D eigenvalue weighted by atomic mass is 32.2. The van der Waals surface area contributed by atoms with Crippen molar-refractivity contribution in [2.24, 2.45) is 0 Å². The summed E-state index contributed by atoms with van der Waals surface area (Å²) in [4.78, 5) is 15.1. The maximum absolute atomic E-state index is 13.3. The molecule has 0 unspecified atom stereocenters. The molecule has 27 heavy (non-hydrogen) atoms. The second-order valence-corrected chi connectivity index (χ2v) is 7.72. The number of benzene rings is 2. The van der Waals surface area contributed by atoms with Gasteiger partial charge in [0.1, 0.15) is 0 Å². The number of para-hydroxylation sites is 2. The molecule has 1 aromatic heterocycles. The van der Waals surface area contributed by atoms with Crippen molar-refractivity contribution in [3.63, 3.8) is 0 Å². The number of aromatic nitrogens is 4. The molecule has 0 spiro atoms. The van der Waals surface area contributed by atoms with Gasteiger partial charge in [0.2, 0.25) is 11.1 Å². The zero-order chi connectivity index (χ0) is 18.8. The van der Waals surface area contributed by atoms with E-state index in [9.17, 15) is 4.79 Å². The van der Waals surface area contributed by atoms with Crippen molar-refractivity contribution >= 4 is 29.0 Å². The van der Waals surface area contributed by atoms with Gasteiger partial charge in [-0.05, 0) is 60.4 Å². The van der Waals surface area contributed by atoms with E-state index in [4.69, 9.17) is 0 Å². The van der Waals surface area contributed by atoms with Crippen LogP contribution in [0.1, 0.15) is 31.0 Å². The number of carbonyl (C=O) groups is 1. The van der Waals surface area contributed by atoms with E-state index < -0.39 is 0 Å². The number of carbonyl (C=O) groups excluding carboxylic acids is 1. The second kappa shape index (κ2) is 7.52. The van der Waals surface area contributed by atoms with Gasteiger partial charge in [0.15, 0.2) is 0 Å². The number of rotatable bonds is 4. The summed E-state index contributed by atoms with van der Waals surface area (Å²) in [6.45, 7) is 4.03. The number of tetrazole rings is 1. The molecule has 0 saturated carbocycles. The Morgan fingerprint density at radius 1 is 1.04 bits per heavy atom. The molecule has 3 aromatic rings. The highest BCUT2D eigenvalue weighted by Crippen LogP contribution is 2.36. The molecule has 1 amide bonds. The number of amides is 1. The SMILES string of the molecule is CC(C)n1nnnc1SCC(=O)N1c2ccccc2CCc2ccccc21. The summed E-state index contributed by atoms with van der Waals surface area (Å²) >= 11 is 1.38. The Bertz CT molecular complexity index is 921. The van der Waals surface area contributed by atoms with Crippen LogP contribution in [-0.2, 0) is 17.6 Å². The van der Waals surface area contributed by atoms with Gasteiger partial charge in [0.25, 0.3) is 0 Å².